The van der Waals surface area contributed by atoms with Gasteiger partial charge in [-0.05, 0) is 62.8 Å². The minimum atomic E-state index is -1.25. The molecule has 3 aliphatic rings. The van der Waals surface area contributed by atoms with Crippen LogP contribution in [0.4, 0.5) is 28.3 Å². The lowest BCUT2D eigenvalue weighted by Gasteiger charge is -2.37. The number of carboxylic acids is 7. The smallest absolute Gasteiger partial charge is 0.326 e. The Morgan fingerprint density at radius 3 is 1.47 bits per heavy atom. The van der Waals surface area contributed by atoms with Crippen molar-refractivity contribution < 1.29 is 78.9 Å². The molecule has 3 saturated heterocycles. The number of amides is 3. The first-order valence-corrected chi connectivity index (χ1v) is 30.0. The third-order valence-electron chi connectivity index (χ3n) is 15.4. The number of anilines is 4. The number of carbonyl (C=O) groups is 9. The van der Waals surface area contributed by atoms with E-state index in [1.54, 1.807) is 19.6 Å². The van der Waals surface area contributed by atoms with E-state index in [9.17, 15) is 73.8 Å². The molecule has 0 aliphatic carbocycles. The van der Waals surface area contributed by atoms with E-state index in [1.165, 1.54) is 0 Å². The highest BCUT2D eigenvalue weighted by molar-refractivity contribution is 5.84. The largest absolute Gasteiger partial charge is 0.480 e. The van der Waals surface area contributed by atoms with Crippen LogP contribution >= 0.6 is 0 Å². The minimum Gasteiger partial charge on any atom is -0.480 e. The number of urea groups is 1. The van der Waals surface area contributed by atoms with Gasteiger partial charge < -0.3 is 66.8 Å². The molecular weight excluding hydrogens is 1140 g/mol. The summed E-state index contributed by atoms with van der Waals surface area (Å²) in [5, 5.41) is 77.2. The highest BCUT2D eigenvalue weighted by atomic mass is 16.4. The van der Waals surface area contributed by atoms with Crippen molar-refractivity contribution in [1.29, 1.82) is 0 Å². The van der Waals surface area contributed by atoms with E-state index in [0.29, 0.717) is 95.0 Å². The van der Waals surface area contributed by atoms with Gasteiger partial charge in [-0.25, -0.2) is 9.59 Å². The van der Waals surface area contributed by atoms with E-state index < -0.39 is 66.4 Å². The van der Waals surface area contributed by atoms with E-state index in [4.69, 9.17) is 20.1 Å². The molecule has 2 atom stereocenters. The molecule has 2 unspecified atom stereocenters. The molecule has 5 rings (SSSR count). The van der Waals surface area contributed by atoms with Gasteiger partial charge in [0, 0.05) is 123 Å². The van der Waals surface area contributed by atoms with Gasteiger partial charge in [-0.1, -0.05) is 50.7 Å². The third kappa shape index (κ3) is 28.2. The standard InChI is InChI=1S/C56H89N15O16/c72-45(57-17-9-8-11-44(52(85)86)60-56(87)58-34-46(73)74)12-7-5-3-1-2-4-6-10-18-64-23-28-69(29-24-64)54-61-53(62-55(63-54)70-30-25-67(26-31-70)38-49(79)80)59-42-15-13-41(14-16-42)33-43-35-68(39-50(81)82)22-21-65(36-47(75)76)19-20-66(37-48(77)78)27-32-71(43)40-51(83)84/h13-16,43-44H,1-12,17-40H2,(H,57,72)(H,73,74)(H,75,76)(H,77,78)(H,79,80)(H,81,82)(H,83,84)(H,85,86)(H2,58,60,87)(H,59,61,62,63). The van der Waals surface area contributed by atoms with E-state index in [2.05, 4.69) is 31.1 Å². The van der Waals surface area contributed by atoms with Crippen molar-refractivity contribution in [2.75, 3.05) is 166 Å². The first-order valence-electron chi connectivity index (χ1n) is 30.0. The zero-order valence-electron chi connectivity index (χ0n) is 49.6. The van der Waals surface area contributed by atoms with Gasteiger partial charge >= 0.3 is 47.8 Å². The molecule has 484 valence electrons. The van der Waals surface area contributed by atoms with Crippen molar-refractivity contribution in [1.82, 2.24) is 60.3 Å². The average molecular weight is 1230 g/mol. The maximum absolute atomic E-state index is 12.3. The Balaban J connectivity index is 1.11. The number of piperazine rings is 2. The van der Waals surface area contributed by atoms with Crippen molar-refractivity contribution >= 4 is 77.3 Å². The van der Waals surface area contributed by atoms with E-state index >= 15 is 0 Å². The number of nitrogens with one attached hydrogen (secondary N) is 4. The molecule has 0 radical (unpaired) electrons. The van der Waals surface area contributed by atoms with Crippen molar-refractivity contribution in [2.45, 2.75) is 95.6 Å². The van der Waals surface area contributed by atoms with E-state index in [0.717, 1.165) is 76.6 Å². The van der Waals surface area contributed by atoms with Gasteiger partial charge in [-0.3, -0.25) is 63.0 Å². The summed E-state index contributed by atoms with van der Waals surface area (Å²) >= 11 is 0. The molecule has 31 heteroatoms. The Hall–Kier alpha value is -7.58. The van der Waals surface area contributed by atoms with Gasteiger partial charge in [-0.2, -0.15) is 15.0 Å². The summed E-state index contributed by atoms with van der Waals surface area (Å²) < 4.78 is 0. The summed E-state index contributed by atoms with van der Waals surface area (Å²) in [5.41, 5.74) is 1.46. The highest BCUT2D eigenvalue weighted by Crippen LogP contribution is 2.24. The van der Waals surface area contributed by atoms with Crippen LogP contribution in [0.3, 0.4) is 0 Å². The molecular formula is C56H89N15O16. The molecule has 1 aromatic carbocycles. The van der Waals surface area contributed by atoms with E-state index in [1.807, 2.05) is 34.1 Å². The highest BCUT2D eigenvalue weighted by Gasteiger charge is 2.29. The van der Waals surface area contributed by atoms with E-state index in [-0.39, 0.29) is 90.9 Å². The van der Waals surface area contributed by atoms with Crippen LogP contribution in [-0.4, -0.2) is 296 Å². The van der Waals surface area contributed by atoms with Crippen LogP contribution in [0, 0.1) is 0 Å². The molecule has 0 saturated carbocycles. The van der Waals surface area contributed by atoms with Gasteiger partial charge in [-0.15, -0.1) is 0 Å². The summed E-state index contributed by atoms with van der Waals surface area (Å²) in [4.78, 5) is 135. The van der Waals surface area contributed by atoms with Gasteiger partial charge in [0.1, 0.15) is 12.6 Å². The molecule has 1 aromatic heterocycles. The van der Waals surface area contributed by atoms with Crippen LogP contribution in [0.25, 0.3) is 0 Å². The number of aliphatic carboxylic acids is 7. The predicted molar refractivity (Wildman–Crippen MR) is 317 cm³/mol. The maximum Gasteiger partial charge on any atom is 0.326 e. The molecule has 11 N–H and O–H groups in total. The Kier molecular flexibility index (Phi) is 30.5. The lowest BCUT2D eigenvalue weighted by atomic mass is 10.0. The van der Waals surface area contributed by atoms with Gasteiger partial charge in [0.2, 0.25) is 23.8 Å². The van der Waals surface area contributed by atoms with Crippen LogP contribution < -0.4 is 31.1 Å². The van der Waals surface area contributed by atoms with Crippen LogP contribution in [0.2, 0.25) is 0 Å². The fourth-order valence-electron chi connectivity index (χ4n) is 10.7. The SMILES string of the molecule is O=C(O)CNC(=O)NC(CCCCNC(=O)CCCCCCCCCCN1CCN(c2nc(Nc3ccc(CC4CN(CC(=O)O)CCN(CC(=O)O)CCN(CC(=O)O)CCN4CC(=O)O)cc3)nc(N3CCN(CC(=O)O)CC3)n2)CC1)C(=O)O. The van der Waals surface area contributed by atoms with Crippen LogP contribution in [0.15, 0.2) is 24.3 Å². The monoisotopic (exact) mass is 1230 g/mol. The normalized spacial score (nSPS) is 17.7. The Morgan fingerprint density at radius 2 is 0.954 bits per heavy atom. The number of benzene rings is 1. The Bertz CT molecular complexity index is 2540. The van der Waals surface area contributed by atoms with Crippen LogP contribution in [0.5, 0.6) is 0 Å². The fraction of sp³-hybridized carbons (Fsp3) is 0.679. The van der Waals surface area contributed by atoms with Gasteiger partial charge in [0.25, 0.3) is 0 Å². The Labute approximate surface area is 506 Å². The van der Waals surface area contributed by atoms with Crippen LogP contribution in [0.1, 0.15) is 82.6 Å². The second kappa shape index (κ2) is 37.9. The molecule has 4 heterocycles. The number of unbranched alkanes of at least 4 members (excludes halogenated alkanes) is 8. The minimum absolute atomic E-state index is 0.0574. The maximum atomic E-state index is 12.3. The number of carbonyl (C=O) groups excluding carboxylic acids is 2. The number of hydrogen-bond donors (Lipinski definition) is 11. The van der Waals surface area contributed by atoms with Gasteiger partial charge in [0.15, 0.2) is 0 Å². The number of rotatable bonds is 36. The molecule has 0 spiro atoms. The molecule has 87 heavy (non-hydrogen) atoms. The van der Waals surface area contributed by atoms with Crippen molar-refractivity contribution in [3.8, 4) is 0 Å². The molecule has 3 amide bonds. The number of hydrogen-bond acceptors (Lipinski definition) is 21. The second-order valence-corrected chi connectivity index (χ2v) is 22.3. The quantitative estimate of drug-likeness (QED) is 0.0402. The van der Waals surface area contributed by atoms with Crippen molar-refractivity contribution in [3.05, 3.63) is 29.8 Å². The lowest BCUT2D eigenvalue weighted by molar-refractivity contribution is -0.142. The first-order chi connectivity index (χ1) is 41.7. The topological polar surface area (TPSA) is 408 Å². The molecule has 3 aliphatic heterocycles. The summed E-state index contributed by atoms with van der Waals surface area (Å²) in [5.74, 6) is -6.53. The number of carboxylic acid groups (broad SMARTS) is 7. The summed E-state index contributed by atoms with van der Waals surface area (Å²) in [6, 6.07) is 4.85. The lowest BCUT2D eigenvalue weighted by Crippen LogP contribution is -2.53. The Morgan fingerprint density at radius 1 is 0.483 bits per heavy atom. The molecule has 2 aromatic rings. The third-order valence-corrected chi connectivity index (χ3v) is 15.4. The summed E-state index contributed by atoms with van der Waals surface area (Å²) in [6.07, 6.45) is 10.1. The number of nitrogens with zero attached hydrogens (tertiary/aromatic N) is 11. The summed E-state index contributed by atoms with van der Waals surface area (Å²) in [6.45, 7) is 5.52. The fourth-order valence-corrected chi connectivity index (χ4v) is 10.7. The zero-order chi connectivity index (χ0) is 63.1. The van der Waals surface area contributed by atoms with Crippen molar-refractivity contribution in [3.63, 3.8) is 0 Å². The van der Waals surface area contributed by atoms with Crippen LogP contribution in [-0.2, 0) is 44.8 Å². The average Bonchev–Trinajstić information content (AvgIpc) is 3.11. The number of aromatic nitrogens is 3. The molecule has 0 bridgehead atoms. The van der Waals surface area contributed by atoms with Gasteiger partial charge in [0.05, 0.1) is 32.7 Å². The predicted octanol–water partition coefficient (Wildman–Crippen LogP) is 0.0493. The second-order valence-electron chi connectivity index (χ2n) is 22.3. The molecule has 3 fully saturated rings. The molecule has 31 nitrogen and oxygen atoms in total. The van der Waals surface area contributed by atoms with Crippen molar-refractivity contribution in [2.24, 2.45) is 0 Å². The summed E-state index contributed by atoms with van der Waals surface area (Å²) in [7, 11) is 0. The zero-order valence-corrected chi connectivity index (χ0v) is 49.6. The first kappa shape index (κ1) is 70.2.